The quantitative estimate of drug-likeness (QED) is 0.462. The van der Waals surface area contributed by atoms with E-state index in [-0.39, 0.29) is 0 Å². The number of allylic oxidation sites excluding steroid dienone is 3. The molecule has 0 bridgehead atoms. The molecule has 0 rings (SSSR count). The van der Waals surface area contributed by atoms with Crippen LogP contribution < -0.4 is 5.32 Å². The summed E-state index contributed by atoms with van der Waals surface area (Å²) in [7, 11) is 1.90. The van der Waals surface area contributed by atoms with Crippen molar-refractivity contribution in [2.45, 2.75) is 13.8 Å². The molecule has 2 nitrogen and oxygen atoms in total. The third kappa shape index (κ3) is 5.38. The molecule has 0 aliphatic carbocycles. The number of aliphatic hydroxyl groups is 1. The average Bonchev–Trinajstić information content (AvgIpc) is 1.85. The zero-order chi connectivity index (χ0) is 7.98. The van der Waals surface area contributed by atoms with E-state index in [0.717, 1.165) is 6.54 Å². The van der Waals surface area contributed by atoms with Crippen molar-refractivity contribution < 1.29 is 5.11 Å². The molecule has 10 heavy (non-hydrogen) atoms. The van der Waals surface area contributed by atoms with Gasteiger partial charge >= 0.3 is 0 Å². The van der Waals surface area contributed by atoms with Gasteiger partial charge in [0.2, 0.25) is 0 Å². The Bertz CT molecular complexity index is 143. The fourth-order valence-electron chi connectivity index (χ4n) is 0.601. The second-order valence-electron chi connectivity index (χ2n) is 2.35. The van der Waals surface area contributed by atoms with Crippen LogP contribution in [0.15, 0.2) is 23.5 Å². The minimum absolute atomic E-state index is 0.343. The van der Waals surface area contributed by atoms with E-state index in [0.29, 0.717) is 5.76 Å². The first kappa shape index (κ1) is 9.24. The summed E-state index contributed by atoms with van der Waals surface area (Å²) < 4.78 is 0. The van der Waals surface area contributed by atoms with Crippen LogP contribution >= 0.6 is 0 Å². The zero-order valence-electron chi connectivity index (χ0n) is 6.81. The molecule has 0 aromatic rings. The summed E-state index contributed by atoms with van der Waals surface area (Å²) in [6.45, 7) is 4.53. The highest BCUT2D eigenvalue weighted by atomic mass is 16.3. The van der Waals surface area contributed by atoms with E-state index < -0.39 is 0 Å². The second-order valence-corrected chi connectivity index (χ2v) is 2.35. The number of nitrogens with one attached hydrogen (secondary N) is 1. The molecule has 0 heterocycles. The van der Waals surface area contributed by atoms with Crippen molar-refractivity contribution in [2.75, 3.05) is 13.6 Å². The SMILES string of the molecule is CNC/C(C)=C/C=C(\C)O. The summed E-state index contributed by atoms with van der Waals surface area (Å²) in [6.07, 6.45) is 3.58. The van der Waals surface area contributed by atoms with Crippen molar-refractivity contribution >= 4 is 0 Å². The molecule has 0 spiro atoms. The van der Waals surface area contributed by atoms with Crippen LogP contribution in [0, 0.1) is 0 Å². The highest BCUT2D eigenvalue weighted by molar-refractivity contribution is 5.12. The Labute approximate surface area is 62.3 Å². The molecule has 0 fully saturated rings. The molecule has 58 valence electrons. The molecule has 2 heteroatoms. The van der Waals surface area contributed by atoms with Crippen molar-refractivity contribution in [1.82, 2.24) is 5.32 Å². The van der Waals surface area contributed by atoms with Crippen LogP contribution in [0.1, 0.15) is 13.8 Å². The molecule has 0 aromatic heterocycles. The summed E-state index contributed by atoms with van der Waals surface area (Å²) in [5, 5.41) is 11.8. The first-order valence-electron chi connectivity index (χ1n) is 3.34. The Morgan fingerprint density at radius 2 is 2.00 bits per heavy atom. The van der Waals surface area contributed by atoms with Crippen molar-refractivity contribution in [3.05, 3.63) is 23.5 Å². The molecule has 0 radical (unpaired) electrons. The van der Waals surface area contributed by atoms with Crippen LogP contribution in [0.25, 0.3) is 0 Å². The average molecular weight is 141 g/mol. The lowest BCUT2D eigenvalue weighted by atomic mass is 10.2. The van der Waals surface area contributed by atoms with Gasteiger partial charge in [-0.3, -0.25) is 0 Å². The third-order valence-corrected chi connectivity index (χ3v) is 1.06. The maximum Gasteiger partial charge on any atom is 0.0891 e. The lowest BCUT2D eigenvalue weighted by Gasteiger charge is -1.95. The van der Waals surface area contributed by atoms with Gasteiger partial charge in [0.15, 0.2) is 0 Å². The van der Waals surface area contributed by atoms with Gasteiger partial charge in [0.25, 0.3) is 0 Å². The van der Waals surface area contributed by atoms with Gasteiger partial charge in [-0.1, -0.05) is 11.6 Å². The van der Waals surface area contributed by atoms with Crippen LogP contribution in [-0.2, 0) is 0 Å². The fraction of sp³-hybridized carbons (Fsp3) is 0.500. The van der Waals surface area contributed by atoms with Gasteiger partial charge in [0, 0.05) is 6.54 Å². The van der Waals surface area contributed by atoms with Crippen LogP contribution in [0.2, 0.25) is 0 Å². The van der Waals surface area contributed by atoms with Crippen LogP contribution in [0.4, 0.5) is 0 Å². The van der Waals surface area contributed by atoms with Crippen molar-refractivity contribution in [1.29, 1.82) is 0 Å². The molecule has 0 atom stereocenters. The molecule has 0 saturated carbocycles. The highest BCUT2D eigenvalue weighted by Gasteiger charge is 1.82. The van der Waals surface area contributed by atoms with Crippen molar-refractivity contribution in [2.24, 2.45) is 0 Å². The summed E-state index contributed by atoms with van der Waals surface area (Å²) in [5.41, 5.74) is 1.20. The van der Waals surface area contributed by atoms with Crippen molar-refractivity contribution in [3.8, 4) is 0 Å². The van der Waals surface area contributed by atoms with E-state index >= 15 is 0 Å². The first-order chi connectivity index (χ1) is 4.66. The summed E-state index contributed by atoms with van der Waals surface area (Å²) in [5.74, 6) is 0.343. The van der Waals surface area contributed by atoms with E-state index in [1.807, 2.05) is 20.0 Å². The van der Waals surface area contributed by atoms with Gasteiger partial charge in [-0.05, 0) is 27.0 Å². The molecule has 0 saturated heterocycles. The van der Waals surface area contributed by atoms with E-state index in [1.165, 1.54) is 5.57 Å². The monoisotopic (exact) mass is 141 g/mol. The molecule has 0 aliphatic rings. The van der Waals surface area contributed by atoms with E-state index in [1.54, 1.807) is 13.0 Å². The Balaban J connectivity index is 3.79. The Hall–Kier alpha value is -0.760. The standard InChI is InChI=1S/C8H15NO/c1-7(6-9-3)4-5-8(2)10/h4-5,9-10H,6H2,1-3H3/b7-4+,8-5+. The largest absolute Gasteiger partial charge is 0.513 e. The lowest BCUT2D eigenvalue weighted by molar-refractivity contribution is 0.414. The predicted molar refractivity (Wildman–Crippen MR) is 44.1 cm³/mol. The zero-order valence-corrected chi connectivity index (χ0v) is 6.81. The number of likely N-dealkylation sites (N-methyl/N-ethyl adjacent to an activating group) is 1. The molecule has 0 unspecified atom stereocenters. The maximum atomic E-state index is 8.77. The molecule has 0 amide bonds. The third-order valence-electron chi connectivity index (χ3n) is 1.06. The van der Waals surface area contributed by atoms with E-state index in [4.69, 9.17) is 5.11 Å². The molecule has 2 N–H and O–H groups in total. The number of aliphatic hydroxyl groups excluding tert-OH is 1. The normalized spacial score (nSPS) is 13.9. The Morgan fingerprint density at radius 3 is 2.40 bits per heavy atom. The molecular weight excluding hydrogens is 126 g/mol. The van der Waals surface area contributed by atoms with Crippen LogP contribution in [0.5, 0.6) is 0 Å². The van der Waals surface area contributed by atoms with Crippen LogP contribution in [0.3, 0.4) is 0 Å². The molecular formula is C8H15NO. The fourth-order valence-corrected chi connectivity index (χ4v) is 0.601. The van der Waals surface area contributed by atoms with E-state index in [2.05, 4.69) is 5.32 Å². The number of hydrogen-bond acceptors (Lipinski definition) is 2. The first-order valence-corrected chi connectivity index (χ1v) is 3.34. The van der Waals surface area contributed by atoms with Gasteiger partial charge in [0.05, 0.1) is 5.76 Å². The van der Waals surface area contributed by atoms with Crippen molar-refractivity contribution in [3.63, 3.8) is 0 Å². The molecule has 0 aromatic carbocycles. The summed E-state index contributed by atoms with van der Waals surface area (Å²) in [6, 6.07) is 0. The van der Waals surface area contributed by atoms with Gasteiger partial charge in [0.1, 0.15) is 0 Å². The van der Waals surface area contributed by atoms with Gasteiger partial charge in [-0.2, -0.15) is 0 Å². The number of hydrogen-bond donors (Lipinski definition) is 2. The second kappa shape index (κ2) is 5.06. The van der Waals surface area contributed by atoms with Gasteiger partial charge in [-0.15, -0.1) is 0 Å². The van der Waals surface area contributed by atoms with Gasteiger partial charge < -0.3 is 10.4 Å². The van der Waals surface area contributed by atoms with E-state index in [9.17, 15) is 0 Å². The Kier molecular flexibility index (Phi) is 4.67. The van der Waals surface area contributed by atoms with Crippen LogP contribution in [-0.4, -0.2) is 18.7 Å². The maximum absolute atomic E-state index is 8.77. The highest BCUT2D eigenvalue weighted by Crippen LogP contribution is 1.92. The predicted octanol–water partition coefficient (Wildman–Crippen LogP) is 1.61. The summed E-state index contributed by atoms with van der Waals surface area (Å²) in [4.78, 5) is 0. The lowest BCUT2D eigenvalue weighted by Crippen LogP contribution is -2.08. The topological polar surface area (TPSA) is 32.3 Å². The van der Waals surface area contributed by atoms with Gasteiger partial charge in [-0.25, -0.2) is 0 Å². The Morgan fingerprint density at radius 1 is 1.40 bits per heavy atom. The minimum atomic E-state index is 0.343. The smallest absolute Gasteiger partial charge is 0.0891 e. The summed E-state index contributed by atoms with van der Waals surface area (Å²) >= 11 is 0. The minimum Gasteiger partial charge on any atom is -0.513 e. The molecule has 0 aliphatic heterocycles. The number of rotatable bonds is 3.